The highest BCUT2D eigenvalue weighted by atomic mass is 127. The molecule has 1 rings (SSSR count). The van der Waals surface area contributed by atoms with Crippen molar-refractivity contribution in [3.63, 3.8) is 0 Å². The first-order chi connectivity index (χ1) is 9.99. The van der Waals surface area contributed by atoms with Gasteiger partial charge in [-0.2, -0.15) is 0 Å². The number of halogens is 2. The molecule has 0 aliphatic heterocycles. The van der Waals surface area contributed by atoms with Gasteiger partial charge >= 0.3 is 0 Å². The van der Waals surface area contributed by atoms with Crippen LogP contribution in [0.2, 0.25) is 0 Å². The van der Waals surface area contributed by atoms with Crippen LogP contribution in [0.1, 0.15) is 37.0 Å². The Balaban J connectivity index is 2.83. The summed E-state index contributed by atoms with van der Waals surface area (Å²) in [5, 5.41) is 2.76. The fraction of sp³-hybridized carbons (Fsp3) is 0.467. The Morgan fingerprint density at radius 2 is 2.00 bits per heavy atom. The van der Waals surface area contributed by atoms with Crippen LogP contribution < -0.4 is 5.32 Å². The predicted molar refractivity (Wildman–Crippen MR) is 88.6 cm³/mol. The van der Waals surface area contributed by atoms with Crippen LogP contribution in [0, 0.1) is 9.39 Å². The minimum absolute atomic E-state index is 0.0279. The van der Waals surface area contributed by atoms with Crippen LogP contribution in [0.15, 0.2) is 18.2 Å². The molecule has 4 nitrogen and oxygen atoms in total. The quantitative estimate of drug-likeness (QED) is 0.709. The van der Waals surface area contributed by atoms with E-state index >= 15 is 0 Å². The highest BCUT2D eigenvalue weighted by Crippen LogP contribution is 2.16. The normalized spacial score (nSPS) is 10.3. The summed E-state index contributed by atoms with van der Waals surface area (Å²) in [7, 11) is 0. The molecule has 0 unspecified atom stereocenters. The standard InChI is InChI=1S/C15H20FIN2O2/c1-3-7-18-14(20)10-19(8-4-2)15(21)12-6-5-11(16)9-13(12)17/h5-6,9H,3-4,7-8,10H2,1-2H3,(H,18,20). The van der Waals surface area contributed by atoms with Crippen molar-refractivity contribution in [2.75, 3.05) is 19.6 Å². The third-order valence-corrected chi connectivity index (χ3v) is 3.74. The molecule has 0 fully saturated rings. The molecule has 6 heteroatoms. The smallest absolute Gasteiger partial charge is 0.255 e. The number of nitrogens with zero attached hydrogens (tertiary/aromatic N) is 1. The van der Waals surface area contributed by atoms with Crippen molar-refractivity contribution < 1.29 is 14.0 Å². The largest absolute Gasteiger partial charge is 0.355 e. The van der Waals surface area contributed by atoms with Crippen LogP contribution >= 0.6 is 22.6 Å². The minimum atomic E-state index is -0.376. The molecule has 0 aliphatic carbocycles. The number of carbonyl (C=O) groups is 2. The molecule has 0 radical (unpaired) electrons. The SMILES string of the molecule is CCCNC(=O)CN(CCC)C(=O)c1ccc(F)cc1I. The summed E-state index contributed by atoms with van der Waals surface area (Å²) in [6.45, 7) is 5.03. The van der Waals surface area contributed by atoms with Gasteiger partial charge in [0.1, 0.15) is 5.82 Å². The van der Waals surface area contributed by atoms with Crippen LogP contribution in [-0.2, 0) is 4.79 Å². The monoisotopic (exact) mass is 406 g/mol. The van der Waals surface area contributed by atoms with E-state index in [1.807, 2.05) is 36.4 Å². The summed E-state index contributed by atoms with van der Waals surface area (Å²) >= 11 is 1.93. The lowest BCUT2D eigenvalue weighted by Gasteiger charge is -2.22. The fourth-order valence-electron chi connectivity index (χ4n) is 1.85. The van der Waals surface area contributed by atoms with Crippen molar-refractivity contribution in [3.8, 4) is 0 Å². The third kappa shape index (κ3) is 5.61. The van der Waals surface area contributed by atoms with Gasteiger partial charge in [0.05, 0.1) is 12.1 Å². The molecule has 0 saturated carbocycles. The van der Waals surface area contributed by atoms with Gasteiger partial charge in [-0.05, 0) is 53.6 Å². The zero-order chi connectivity index (χ0) is 15.8. The molecule has 0 heterocycles. The molecule has 116 valence electrons. The van der Waals surface area contributed by atoms with Crippen molar-refractivity contribution in [1.29, 1.82) is 0 Å². The predicted octanol–water partition coefficient (Wildman–Crippen LogP) is 2.81. The summed E-state index contributed by atoms with van der Waals surface area (Å²) in [6, 6.07) is 4.04. The lowest BCUT2D eigenvalue weighted by atomic mass is 10.2. The van der Waals surface area contributed by atoms with Crippen molar-refractivity contribution >= 4 is 34.4 Å². The number of hydrogen-bond acceptors (Lipinski definition) is 2. The van der Waals surface area contributed by atoms with E-state index in [1.165, 1.54) is 23.1 Å². The first kappa shape index (κ1) is 17.9. The van der Waals surface area contributed by atoms with Gasteiger partial charge in [0.15, 0.2) is 0 Å². The van der Waals surface area contributed by atoms with Gasteiger partial charge in [-0.15, -0.1) is 0 Å². The highest BCUT2D eigenvalue weighted by molar-refractivity contribution is 14.1. The molecule has 1 aromatic carbocycles. The first-order valence-corrected chi connectivity index (χ1v) is 8.08. The van der Waals surface area contributed by atoms with E-state index in [0.29, 0.717) is 22.2 Å². The second-order valence-corrected chi connectivity index (χ2v) is 5.86. The zero-order valence-electron chi connectivity index (χ0n) is 12.3. The van der Waals surface area contributed by atoms with E-state index in [0.717, 1.165) is 12.8 Å². The van der Waals surface area contributed by atoms with Crippen LogP contribution in [0.4, 0.5) is 4.39 Å². The van der Waals surface area contributed by atoms with Crippen molar-refractivity contribution in [2.24, 2.45) is 0 Å². The van der Waals surface area contributed by atoms with Gasteiger partial charge in [-0.3, -0.25) is 9.59 Å². The zero-order valence-corrected chi connectivity index (χ0v) is 14.4. The summed E-state index contributed by atoms with van der Waals surface area (Å²) in [6.07, 6.45) is 1.61. The second kappa shape index (κ2) is 8.96. The van der Waals surface area contributed by atoms with Crippen LogP contribution in [0.25, 0.3) is 0 Å². The molecule has 0 aliphatic rings. The Bertz CT molecular complexity index is 508. The second-order valence-electron chi connectivity index (χ2n) is 4.70. The maximum Gasteiger partial charge on any atom is 0.255 e. The lowest BCUT2D eigenvalue weighted by Crippen LogP contribution is -2.41. The van der Waals surface area contributed by atoms with Crippen LogP contribution in [-0.4, -0.2) is 36.3 Å². The number of hydrogen-bond donors (Lipinski definition) is 1. The summed E-state index contributed by atoms with van der Waals surface area (Å²) < 4.78 is 13.7. The van der Waals surface area contributed by atoms with E-state index in [4.69, 9.17) is 0 Å². The van der Waals surface area contributed by atoms with Crippen molar-refractivity contribution in [2.45, 2.75) is 26.7 Å². The summed E-state index contributed by atoms with van der Waals surface area (Å²) in [5.74, 6) is -0.789. The van der Waals surface area contributed by atoms with E-state index in [-0.39, 0.29) is 24.2 Å². The van der Waals surface area contributed by atoms with E-state index < -0.39 is 0 Å². The van der Waals surface area contributed by atoms with Gasteiger partial charge in [-0.1, -0.05) is 13.8 Å². The summed E-state index contributed by atoms with van der Waals surface area (Å²) in [4.78, 5) is 25.8. The molecule has 1 aromatic rings. The lowest BCUT2D eigenvalue weighted by molar-refractivity contribution is -0.121. The Morgan fingerprint density at radius 3 is 2.57 bits per heavy atom. The topological polar surface area (TPSA) is 49.4 Å². The molecule has 0 aromatic heterocycles. The number of nitrogens with one attached hydrogen (secondary N) is 1. The third-order valence-electron chi connectivity index (χ3n) is 2.85. The molecule has 2 amide bonds. The molecule has 21 heavy (non-hydrogen) atoms. The van der Waals surface area contributed by atoms with Gasteiger partial charge < -0.3 is 10.2 Å². The van der Waals surface area contributed by atoms with Crippen LogP contribution in [0.3, 0.4) is 0 Å². The van der Waals surface area contributed by atoms with Gasteiger partial charge in [0.25, 0.3) is 5.91 Å². The van der Waals surface area contributed by atoms with E-state index in [9.17, 15) is 14.0 Å². The maximum atomic E-state index is 13.1. The number of benzene rings is 1. The Labute approximate surface area is 138 Å². The minimum Gasteiger partial charge on any atom is -0.355 e. The Hall–Kier alpha value is -1.18. The molecular weight excluding hydrogens is 386 g/mol. The van der Waals surface area contributed by atoms with Crippen molar-refractivity contribution in [1.82, 2.24) is 10.2 Å². The molecular formula is C15H20FIN2O2. The molecule has 0 spiro atoms. The van der Waals surface area contributed by atoms with E-state index in [1.54, 1.807) is 0 Å². The van der Waals surface area contributed by atoms with Gasteiger partial charge in [0.2, 0.25) is 5.91 Å². The maximum absolute atomic E-state index is 13.1. The van der Waals surface area contributed by atoms with Crippen LogP contribution in [0.5, 0.6) is 0 Å². The molecule has 0 saturated heterocycles. The van der Waals surface area contributed by atoms with Gasteiger partial charge in [-0.25, -0.2) is 4.39 Å². The molecule has 0 bridgehead atoms. The molecule has 1 N–H and O–H groups in total. The number of amides is 2. The average Bonchev–Trinajstić information content (AvgIpc) is 2.44. The first-order valence-electron chi connectivity index (χ1n) is 7.00. The van der Waals surface area contributed by atoms with Gasteiger partial charge in [0, 0.05) is 16.7 Å². The number of carbonyl (C=O) groups excluding carboxylic acids is 2. The number of rotatable bonds is 7. The average molecular weight is 406 g/mol. The highest BCUT2D eigenvalue weighted by Gasteiger charge is 2.20. The fourth-order valence-corrected chi connectivity index (χ4v) is 2.56. The van der Waals surface area contributed by atoms with Crippen molar-refractivity contribution in [3.05, 3.63) is 33.1 Å². The molecule has 0 atom stereocenters. The summed E-state index contributed by atoms with van der Waals surface area (Å²) in [5.41, 5.74) is 0.425. The Morgan fingerprint density at radius 1 is 1.29 bits per heavy atom. The Kier molecular flexibility index (Phi) is 7.63. The van der Waals surface area contributed by atoms with E-state index in [2.05, 4.69) is 5.32 Å².